The molecule has 1 N–H and O–H groups in total. The average Bonchev–Trinajstić information content (AvgIpc) is 2.98. The van der Waals surface area contributed by atoms with Gasteiger partial charge in [0.15, 0.2) is 0 Å². The van der Waals surface area contributed by atoms with Crippen molar-refractivity contribution in [2.24, 2.45) is 7.05 Å². The van der Waals surface area contributed by atoms with Crippen LogP contribution in [0.15, 0.2) is 18.2 Å². The summed E-state index contributed by atoms with van der Waals surface area (Å²) in [6.07, 6.45) is 3.76. The molecule has 1 aliphatic rings. The van der Waals surface area contributed by atoms with E-state index < -0.39 is 0 Å². The van der Waals surface area contributed by atoms with Crippen LogP contribution in [0.1, 0.15) is 44.0 Å². The molecule has 0 radical (unpaired) electrons. The summed E-state index contributed by atoms with van der Waals surface area (Å²) in [4.78, 5) is 4.73. The summed E-state index contributed by atoms with van der Waals surface area (Å²) >= 11 is 0. The van der Waals surface area contributed by atoms with Crippen molar-refractivity contribution in [2.75, 3.05) is 6.54 Å². The maximum Gasteiger partial charge on any atom is 0.112 e. The van der Waals surface area contributed by atoms with Crippen molar-refractivity contribution in [1.82, 2.24) is 14.9 Å². The molecule has 0 amide bonds. The van der Waals surface area contributed by atoms with Crippen molar-refractivity contribution in [3.8, 4) is 0 Å². The number of imidazole rings is 1. The SMILES string of the molecule is CC(C)c1nc2ccc(CC3CCCN3)cc2n1C. The van der Waals surface area contributed by atoms with Crippen molar-refractivity contribution in [3.05, 3.63) is 29.6 Å². The van der Waals surface area contributed by atoms with Crippen LogP contribution in [0.4, 0.5) is 0 Å². The van der Waals surface area contributed by atoms with Crippen LogP contribution in [0, 0.1) is 0 Å². The minimum Gasteiger partial charge on any atom is -0.331 e. The highest BCUT2D eigenvalue weighted by atomic mass is 15.1. The molecule has 3 heteroatoms. The molecule has 1 unspecified atom stereocenters. The van der Waals surface area contributed by atoms with E-state index in [1.165, 1.54) is 36.3 Å². The van der Waals surface area contributed by atoms with Crippen LogP contribution in [-0.4, -0.2) is 22.1 Å². The molecular formula is C16H23N3. The van der Waals surface area contributed by atoms with E-state index in [-0.39, 0.29) is 0 Å². The normalized spacial score (nSPS) is 19.7. The summed E-state index contributed by atoms with van der Waals surface area (Å²) < 4.78 is 2.24. The Hall–Kier alpha value is -1.35. The van der Waals surface area contributed by atoms with Gasteiger partial charge in [-0.2, -0.15) is 0 Å². The number of aromatic nitrogens is 2. The second kappa shape index (κ2) is 4.97. The van der Waals surface area contributed by atoms with Gasteiger partial charge in [-0.05, 0) is 43.5 Å². The Bertz CT molecular complexity index is 577. The number of fused-ring (bicyclic) bond motifs is 1. The zero-order valence-electron chi connectivity index (χ0n) is 12.1. The Balaban J connectivity index is 1.93. The van der Waals surface area contributed by atoms with Crippen LogP contribution < -0.4 is 5.32 Å². The molecule has 3 nitrogen and oxygen atoms in total. The zero-order valence-corrected chi connectivity index (χ0v) is 12.1. The lowest BCUT2D eigenvalue weighted by Crippen LogP contribution is -2.23. The van der Waals surface area contributed by atoms with Crippen LogP contribution in [0.3, 0.4) is 0 Å². The minimum atomic E-state index is 0.470. The summed E-state index contributed by atoms with van der Waals surface area (Å²) in [5.74, 6) is 1.64. The first-order valence-corrected chi connectivity index (χ1v) is 7.34. The summed E-state index contributed by atoms with van der Waals surface area (Å²) in [6.45, 7) is 5.57. The average molecular weight is 257 g/mol. The van der Waals surface area contributed by atoms with E-state index in [0.717, 1.165) is 11.9 Å². The maximum absolute atomic E-state index is 4.73. The van der Waals surface area contributed by atoms with Crippen molar-refractivity contribution in [1.29, 1.82) is 0 Å². The van der Waals surface area contributed by atoms with E-state index in [0.29, 0.717) is 12.0 Å². The molecule has 19 heavy (non-hydrogen) atoms. The van der Waals surface area contributed by atoms with E-state index in [1.54, 1.807) is 0 Å². The summed E-state index contributed by atoms with van der Waals surface area (Å²) in [6, 6.07) is 7.38. The van der Waals surface area contributed by atoms with E-state index >= 15 is 0 Å². The van der Waals surface area contributed by atoms with Crippen molar-refractivity contribution in [2.45, 2.75) is 45.1 Å². The second-order valence-corrected chi connectivity index (χ2v) is 6.00. The minimum absolute atomic E-state index is 0.470. The van der Waals surface area contributed by atoms with Gasteiger partial charge in [0, 0.05) is 19.0 Å². The number of nitrogens with zero attached hydrogens (tertiary/aromatic N) is 2. The second-order valence-electron chi connectivity index (χ2n) is 6.00. The van der Waals surface area contributed by atoms with E-state index in [2.05, 4.69) is 49.0 Å². The number of rotatable bonds is 3. The third-order valence-corrected chi connectivity index (χ3v) is 4.14. The van der Waals surface area contributed by atoms with Crippen LogP contribution in [0.2, 0.25) is 0 Å². The molecule has 1 atom stereocenters. The van der Waals surface area contributed by atoms with Gasteiger partial charge in [-0.1, -0.05) is 19.9 Å². The van der Waals surface area contributed by atoms with Crippen molar-refractivity contribution < 1.29 is 0 Å². The first kappa shape index (κ1) is 12.7. The summed E-state index contributed by atoms with van der Waals surface area (Å²) in [7, 11) is 2.13. The third kappa shape index (κ3) is 2.39. The number of hydrogen-bond acceptors (Lipinski definition) is 2. The Morgan fingerprint density at radius 2 is 2.26 bits per heavy atom. The quantitative estimate of drug-likeness (QED) is 0.916. The Kier molecular flexibility index (Phi) is 3.31. The van der Waals surface area contributed by atoms with Gasteiger partial charge in [0.25, 0.3) is 0 Å². The van der Waals surface area contributed by atoms with E-state index in [9.17, 15) is 0 Å². The molecule has 1 aliphatic heterocycles. The highest BCUT2D eigenvalue weighted by Crippen LogP contribution is 2.22. The summed E-state index contributed by atoms with van der Waals surface area (Å²) in [5, 5.41) is 3.57. The molecule has 1 saturated heterocycles. The van der Waals surface area contributed by atoms with Crippen LogP contribution >= 0.6 is 0 Å². The van der Waals surface area contributed by atoms with Gasteiger partial charge < -0.3 is 9.88 Å². The van der Waals surface area contributed by atoms with Crippen LogP contribution in [0.5, 0.6) is 0 Å². The largest absolute Gasteiger partial charge is 0.331 e. The van der Waals surface area contributed by atoms with Gasteiger partial charge in [-0.3, -0.25) is 0 Å². The molecule has 1 aromatic heterocycles. The highest BCUT2D eigenvalue weighted by molar-refractivity contribution is 5.77. The molecule has 2 aromatic rings. The first-order chi connectivity index (χ1) is 9.15. The fraction of sp³-hybridized carbons (Fsp3) is 0.562. The molecular weight excluding hydrogens is 234 g/mol. The van der Waals surface area contributed by atoms with Crippen LogP contribution in [-0.2, 0) is 13.5 Å². The standard InChI is InChI=1S/C16H23N3/c1-11(2)16-18-14-7-6-12(10-15(14)19(16)3)9-13-5-4-8-17-13/h6-7,10-11,13,17H,4-5,8-9H2,1-3H3. The Morgan fingerprint density at radius 3 is 2.95 bits per heavy atom. The fourth-order valence-corrected chi connectivity index (χ4v) is 3.11. The monoisotopic (exact) mass is 257 g/mol. The summed E-state index contributed by atoms with van der Waals surface area (Å²) in [5.41, 5.74) is 3.80. The Morgan fingerprint density at radius 1 is 1.42 bits per heavy atom. The lowest BCUT2D eigenvalue weighted by Gasteiger charge is -2.10. The van der Waals surface area contributed by atoms with Gasteiger partial charge >= 0.3 is 0 Å². The molecule has 0 bridgehead atoms. The lowest BCUT2D eigenvalue weighted by atomic mass is 10.0. The number of nitrogens with one attached hydrogen (secondary N) is 1. The van der Waals surface area contributed by atoms with Gasteiger partial charge in [-0.15, -0.1) is 0 Å². The molecule has 1 fully saturated rings. The molecule has 102 valence electrons. The van der Waals surface area contributed by atoms with Gasteiger partial charge in [0.05, 0.1) is 11.0 Å². The molecule has 0 saturated carbocycles. The third-order valence-electron chi connectivity index (χ3n) is 4.14. The first-order valence-electron chi connectivity index (χ1n) is 7.34. The van der Waals surface area contributed by atoms with Gasteiger partial charge in [0.2, 0.25) is 0 Å². The van der Waals surface area contributed by atoms with E-state index in [1.807, 2.05) is 0 Å². The van der Waals surface area contributed by atoms with E-state index in [4.69, 9.17) is 4.98 Å². The maximum atomic E-state index is 4.73. The zero-order chi connectivity index (χ0) is 13.4. The fourth-order valence-electron chi connectivity index (χ4n) is 3.11. The molecule has 0 aliphatic carbocycles. The predicted octanol–water partition coefficient (Wildman–Crippen LogP) is 2.99. The Labute approximate surface area is 115 Å². The highest BCUT2D eigenvalue weighted by Gasteiger charge is 2.16. The van der Waals surface area contributed by atoms with Crippen molar-refractivity contribution in [3.63, 3.8) is 0 Å². The topological polar surface area (TPSA) is 29.9 Å². The van der Waals surface area contributed by atoms with Crippen LogP contribution in [0.25, 0.3) is 11.0 Å². The van der Waals surface area contributed by atoms with Gasteiger partial charge in [0.1, 0.15) is 5.82 Å². The van der Waals surface area contributed by atoms with Crippen molar-refractivity contribution >= 4 is 11.0 Å². The predicted molar refractivity (Wildman–Crippen MR) is 79.5 cm³/mol. The smallest absolute Gasteiger partial charge is 0.112 e. The molecule has 0 spiro atoms. The number of hydrogen-bond donors (Lipinski definition) is 1. The van der Waals surface area contributed by atoms with Gasteiger partial charge in [-0.25, -0.2) is 4.98 Å². The molecule has 2 heterocycles. The number of aryl methyl sites for hydroxylation is 1. The lowest BCUT2D eigenvalue weighted by molar-refractivity contribution is 0.603. The molecule has 1 aromatic carbocycles. The molecule has 3 rings (SSSR count). The number of benzene rings is 1.